The third kappa shape index (κ3) is 3.99. The van der Waals surface area contributed by atoms with Crippen LogP contribution in [0.25, 0.3) is 10.9 Å². The van der Waals surface area contributed by atoms with Gasteiger partial charge in [-0.25, -0.2) is 4.79 Å². The van der Waals surface area contributed by atoms with Gasteiger partial charge in [0.2, 0.25) is 0 Å². The van der Waals surface area contributed by atoms with E-state index in [-0.39, 0.29) is 17.6 Å². The lowest BCUT2D eigenvalue weighted by Gasteiger charge is -2.34. The van der Waals surface area contributed by atoms with E-state index in [4.69, 9.17) is 9.84 Å². The Kier molecular flexibility index (Phi) is 5.46. The summed E-state index contributed by atoms with van der Waals surface area (Å²) in [4.78, 5) is 25.6. The number of likely N-dealkylation sites (tertiary alicyclic amines) is 1. The van der Waals surface area contributed by atoms with E-state index in [1.54, 1.807) is 13.2 Å². The Balaban J connectivity index is 1.76. The van der Waals surface area contributed by atoms with Crippen molar-refractivity contribution in [2.45, 2.75) is 31.8 Å². The van der Waals surface area contributed by atoms with Gasteiger partial charge in [0.1, 0.15) is 5.75 Å². The van der Waals surface area contributed by atoms with Crippen molar-refractivity contribution in [3.63, 3.8) is 0 Å². The van der Waals surface area contributed by atoms with Crippen LogP contribution in [0.15, 0.2) is 35.1 Å². The van der Waals surface area contributed by atoms with Crippen molar-refractivity contribution in [2.24, 2.45) is 0 Å². The number of methoxy groups -OCH3 is 1. The van der Waals surface area contributed by atoms with E-state index in [1.807, 2.05) is 35.8 Å². The monoisotopic (exact) mass is 359 g/mol. The minimum Gasteiger partial charge on any atom is -0.497 e. The van der Waals surface area contributed by atoms with Gasteiger partial charge in [0.05, 0.1) is 12.6 Å². The zero-order valence-electron chi connectivity index (χ0n) is 15.1. The van der Waals surface area contributed by atoms with E-state index in [0.717, 1.165) is 49.1 Å². The average Bonchev–Trinajstić information content (AvgIpc) is 2.62. The molecule has 1 unspecified atom stereocenters. The lowest BCUT2D eigenvalue weighted by Crippen LogP contribution is -2.45. The first-order valence-corrected chi connectivity index (χ1v) is 8.89. The number of carboxylic acid groups (broad SMARTS) is 1. The van der Waals surface area contributed by atoms with Crippen LogP contribution in [0.5, 0.6) is 5.75 Å². The molecule has 2 aromatic rings. The maximum Gasteiger partial charge on any atom is 0.404 e. The molecular formula is C19H25N3O4. The van der Waals surface area contributed by atoms with Crippen molar-refractivity contribution in [3.05, 3.63) is 40.7 Å². The summed E-state index contributed by atoms with van der Waals surface area (Å²) >= 11 is 0. The van der Waals surface area contributed by atoms with Crippen molar-refractivity contribution < 1.29 is 14.6 Å². The average molecular weight is 359 g/mol. The van der Waals surface area contributed by atoms with Crippen LogP contribution >= 0.6 is 0 Å². The predicted molar refractivity (Wildman–Crippen MR) is 100 cm³/mol. The Morgan fingerprint density at radius 1 is 1.31 bits per heavy atom. The van der Waals surface area contributed by atoms with Gasteiger partial charge in [-0.3, -0.25) is 4.79 Å². The van der Waals surface area contributed by atoms with Gasteiger partial charge in [0.25, 0.3) is 5.56 Å². The number of nitrogens with one attached hydrogen (secondary N) is 1. The number of ether oxygens (including phenoxy) is 1. The number of fused-ring (bicyclic) bond motifs is 1. The molecule has 3 rings (SSSR count). The van der Waals surface area contributed by atoms with Gasteiger partial charge in [-0.2, -0.15) is 0 Å². The molecule has 0 saturated carbocycles. The smallest absolute Gasteiger partial charge is 0.404 e. The fourth-order valence-corrected chi connectivity index (χ4v) is 3.70. The molecule has 0 radical (unpaired) electrons. The van der Waals surface area contributed by atoms with Gasteiger partial charge in [0.15, 0.2) is 0 Å². The maximum absolute atomic E-state index is 12.5. The Hall–Kier alpha value is -2.54. The topological polar surface area (TPSA) is 83.8 Å². The molecule has 1 atom stereocenters. The number of aromatic nitrogens is 1. The quantitative estimate of drug-likeness (QED) is 0.856. The number of hydrogen-bond acceptors (Lipinski definition) is 4. The summed E-state index contributed by atoms with van der Waals surface area (Å²) in [6.45, 7) is 4.42. The van der Waals surface area contributed by atoms with Gasteiger partial charge >= 0.3 is 6.09 Å². The highest BCUT2D eigenvalue weighted by atomic mass is 16.5. The summed E-state index contributed by atoms with van der Waals surface area (Å²) in [5, 5.41) is 12.4. The number of pyridine rings is 1. The summed E-state index contributed by atoms with van der Waals surface area (Å²) in [6.07, 6.45) is 0.613. The minimum atomic E-state index is -0.965. The van der Waals surface area contributed by atoms with E-state index in [2.05, 4.69) is 10.2 Å². The number of hydrogen-bond donors (Lipinski definition) is 2. The summed E-state index contributed by atoms with van der Waals surface area (Å²) in [5.41, 5.74) is 0.840. The molecule has 2 heterocycles. The Morgan fingerprint density at radius 2 is 2.00 bits per heavy atom. The first-order valence-electron chi connectivity index (χ1n) is 8.89. The predicted octanol–water partition coefficient (Wildman–Crippen LogP) is 2.30. The second-order valence-electron chi connectivity index (χ2n) is 6.84. The third-order valence-electron chi connectivity index (χ3n) is 5.02. The highest BCUT2D eigenvalue weighted by Gasteiger charge is 2.22. The molecule has 1 saturated heterocycles. The van der Waals surface area contributed by atoms with E-state index >= 15 is 0 Å². The molecule has 26 heavy (non-hydrogen) atoms. The van der Waals surface area contributed by atoms with Crippen molar-refractivity contribution in [1.82, 2.24) is 14.8 Å². The van der Waals surface area contributed by atoms with Crippen molar-refractivity contribution in [1.29, 1.82) is 0 Å². The van der Waals surface area contributed by atoms with E-state index in [1.165, 1.54) is 0 Å². The van der Waals surface area contributed by atoms with Crippen LogP contribution in [0, 0.1) is 0 Å². The van der Waals surface area contributed by atoms with Crippen molar-refractivity contribution in [3.8, 4) is 5.75 Å². The van der Waals surface area contributed by atoms with Crippen LogP contribution in [0.1, 0.15) is 25.8 Å². The zero-order chi connectivity index (χ0) is 18.7. The SMILES string of the molecule is COc1ccc2ccc(=O)n(C(C)CN3CCC(NC(=O)O)CC3)c2c1. The van der Waals surface area contributed by atoms with Crippen LogP contribution in [-0.2, 0) is 0 Å². The van der Waals surface area contributed by atoms with Crippen molar-refractivity contribution in [2.75, 3.05) is 26.7 Å². The largest absolute Gasteiger partial charge is 0.497 e. The molecular weight excluding hydrogens is 334 g/mol. The van der Waals surface area contributed by atoms with Gasteiger partial charge in [0, 0.05) is 43.9 Å². The van der Waals surface area contributed by atoms with E-state index in [9.17, 15) is 9.59 Å². The van der Waals surface area contributed by atoms with Crippen LogP contribution in [0.3, 0.4) is 0 Å². The summed E-state index contributed by atoms with van der Waals surface area (Å²) in [6, 6.07) is 9.21. The molecule has 1 aromatic carbocycles. The lowest BCUT2D eigenvalue weighted by molar-refractivity contribution is 0.160. The molecule has 1 aromatic heterocycles. The number of carbonyl (C=O) groups is 1. The summed E-state index contributed by atoms with van der Waals surface area (Å²) in [7, 11) is 1.62. The number of amides is 1. The molecule has 0 bridgehead atoms. The van der Waals surface area contributed by atoms with Gasteiger partial charge in [-0.1, -0.05) is 0 Å². The van der Waals surface area contributed by atoms with Crippen LogP contribution in [-0.4, -0.2) is 53.5 Å². The van der Waals surface area contributed by atoms with E-state index in [0.29, 0.717) is 0 Å². The first kappa shape index (κ1) is 18.3. The van der Waals surface area contributed by atoms with Gasteiger partial charge in [-0.05, 0) is 43.4 Å². The van der Waals surface area contributed by atoms with Gasteiger partial charge in [-0.15, -0.1) is 0 Å². The van der Waals surface area contributed by atoms with Crippen LogP contribution in [0.4, 0.5) is 4.79 Å². The minimum absolute atomic E-state index is 0.00212. The Bertz CT molecular complexity index is 840. The number of nitrogens with zero attached hydrogens (tertiary/aromatic N) is 2. The third-order valence-corrected chi connectivity index (χ3v) is 5.02. The fraction of sp³-hybridized carbons (Fsp3) is 0.474. The molecule has 0 aliphatic carbocycles. The first-order chi connectivity index (χ1) is 12.5. The maximum atomic E-state index is 12.5. The molecule has 2 N–H and O–H groups in total. The van der Waals surface area contributed by atoms with E-state index < -0.39 is 6.09 Å². The van der Waals surface area contributed by atoms with Gasteiger partial charge < -0.3 is 24.6 Å². The molecule has 1 aliphatic rings. The van der Waals surface area contributed by atoms with Crippen LogP contribution < -0.4 is 15.6 Å². The van der Waals surface area contributed by atoms with Crippen molar-refractivity contribution >= 4 is 17.0 Å². The molecule has 1 amide bonds. The standard InChI is InChI=1S/C19H25N3O4/c1-13(12-21-9-7-15(8-10-21)20-19(24)25)22-17-11-16(26-2)5-3-14(17)4-6-18(22)23/h3-6,11,13,15,20H,7-10,12H2,1-2H3,(H,24,25). The highest BCUT2D eigenvalue weighted by molar-refractivity contribution is 5.80. The molecule has 7 nitrogen and oxygen atoms in total. The Labute approximate surface area is 152 Å². The molecule has 7 heteroatoms. The molecule has 0 spiro atoms. The number of benzene rings is 1. The zero-order valence-corrected chi connectivity index (χ0v) is 15.1. The summed E-state index contributed by atoms with van der Waals surface area (Å²) < 4.78 is 7.13. The second-order valence-corrected chi connectivity index (χ2v) is 6.84. The molecule has 1 aliphatic heterocycles. The highest BCUT2D eigenvalue weighted by Crippen LogP contribution is 2.23. The number of piperidine rings is 1. The summed E-state index contributed by atoms with van der Waals surface area (Å²) in [5.74, 6) is 0.726. The molecule has 1 fully saturated rings. The lowest BCUT2D eigenvalue weighted by atomic mass is 10.0. The number of rotatable bonds is 5. The molecule has 140 valence electrons. The second kappa shape index (κ2) is 7.78. The fourth-order valence-electron chi connectivity index (χ4n) is 3.70. The normalized spacial score (nSPS) is 17.2. The Morgan fingerprint density at radius 3 is 2.65 bits per heavy atom. The van der Waals surface area contributed by atoms with Crippen LogP contribution in [0.2, 0.25) is 0 Å².